The molecule has 7 heteroatoms. The quantitative estimate of drug-likeness (QED) is 0.262. The minimum Gasteiger partial charge on any atom is -0.496 e. The van der Waals surface area contributed by atoms with Crippen molar-refractivity contribution in [3.05, 3.63) is 71.4 Å². The van der Waals surface area contributed by atoms with E-state index in [9.17, 15) is 0 Å². The molecule has 0 aliphatic carbocycles. The molecule has 7 nitrogen and oxygen atoms in total. The molecule has 39 heavy (non-hydrogen) atoms. The Balaban J connectivity index is 1.52. The molecule has 3 aromatic carbocycles. The fourth-order valence-electron chi connectivity index (χ4n) is 6.28. The van der Waals surface area contributed by atoms with Gasteiger partial charge in [-0.25, -0.2) is 9.97 Å². The smallest absolute Gasteiger partial charge is 0.142 e. The van der Waals surface area contributed by atoms with E-state index in [1.54, 1.807) is 7.11 Å². The Labute approximate surface area is 226 Å². The molecule has 0 saturated carbocycles. The lowest BCUT2D eigenvalue weighted by Gasteiger charge is -2.24. The van der Waals surface area contributed by atoms with Gasteiger partial charge in [-0.05, 0) is 87.2 Å². The molecule has 0 atom stereocenters. The normalized spacial score (nSPS) is 14.6. The molecule has 0 spiro atoms. The maximum absolute atomic E-state index is 5.91. The van der Waals surface area contributed by atoms with E-state index in [2.05, 4.69) is 64.0 Å². The highest BCUT2D eigenvalue weighted by atomic mass is 16.5. The number of aryl methyl sites for hydroxylation is 3. The van der Waals surface area contributed by atoms with E-state index in [1.165, 1.54) is 16.3 Å². The number of ether oxygens (including phenoxy) is 1. The molecule has 4 heterocycles. The summed E-state index contributed by atoms with van der Waals surface area (Å²) in [6.45, 7) is 7.95. The van der Waals surface area contributed by atoms with Crippen LogP contribution in [0, 0.1) is 20.8 Å². The van der Waals surface area contributed by atoms with Crippen LogP contribution >= 0.6 is 0 Å². The molecule has 2 N–H and O–H groups in total. The Hall–Kier alpha value is -4.23. The first-order valence-electron chi connectivity index (χ1n) is 13.6. The largest absolute Gasteiger partial charge is 0.496 e. The van der Waals surface area contributed by atoms with Crippen molar-refractivity contribution in [2.45, 2.75) is 39.5 Å². The van der Waals surface area contributed by atoms with Crippen LogP contribution in [-0.2, 0) is 0 Å². The molecule has 0 amide bonds. The number of fused-ring (bicyclic) bond motifs is 4. The van der Waals surface area contributed by atoms with Gasteiger partial charge in [0.25, 0.3) is 0 Å². The Morgan fingerprint density at radius 3 is 2.51 bits per heavy atom. The standard InChI is InChI=1S/C32H31N5O2/c1-17-29(18(2)39-37-17)26-15-27-25(16-28(26)38-4)30-31(34-19(3)35-32(30)36-27)24-14-22(20-9-11-33-12-10-20)13-21-7-5-6-8-23(21)24/h5-8,13-16,20,33H,9-12H2,1-4H3,(H,34,35,36). The van der Waals surface area contributed by atoms with Gasteiger partial charge in [0.1, 0.15) is 23.0 Å². The maximum atomic E-state index is 5.91. The van der Waals surface area contributed by atoms with Gasteiger partial charge in [-0.3, -0.25) is 0 Å². The van der Waals surface area contributed by atoms with Gasteiger partial charge in [-0.1, -0.05) is 35.5 Å². The van der Waals surface area contributed by atoms with Crippen LogP contribution in [0.5, 0.6) is 5.75 Å². The fourth-order valence-corrected chi connectivity index (χ4v) is 6.28. The zero-order valence-corrected chi connectivity index (χ0v) is 22.7. The van der Waals surface area contributed by atoms with Gasteiger partial charge in [0, 0.05) is 22.0 Å². The summed E-state index contributed by atoms with van der Waals surface area (Å²) in [5.41, 5.74) is 8.00. The predicted octanol–water partition coefficient (Wildman–Crippen LogP) is 6.99. The third kappa shape index (κ3) is 3.88. The Bertz CT molecular complexity index is 1860. The first-order valence-corrected chi connectivity index (χ1v) is 13.6. The first kappa shape index (κ1) is 23.9. The summed E-state index contributed by atoms with van der Waals surface area (Å²) >= 11 is 0. The summed E-state index contributed by atoms with van der Waals surface area (Å²) in [6.07, 6.45) is 2.29. The highest BCUT2D eigenvalue weighted by Gasteiger charge is 2.23. The van der Waals surface area contributed by atoms with Gasteiger partial charge in [-0.2, -0.15) is 0 Å². The Morgan fingerprint density at radius 1 is 0.923 bits per heavy atom. The van der Waals surface area contributed by atoms with E-state index >= 15 is 0 Å². The van der Waals surface area contributed by atoms with E-state index in [4.69, 9.17) is 19.2 Å². The number of methoxy groups -OCH3 is 1. The van der Waals surface area contributed by atoms with Crippen LogP contribution in [0.4, 0.5) is 0 Å². The number of nitrogens with zero attached hydrogens (tertiary/aromatic N) is 3. The maximum Gasteiger partial charge on any atom is 0.142 e. The molecule has 1 aliphatic heterocycles. The van der Waals surface area contributed by atoms with E-state index in [-0.39, 0.29) is 0 Å². The monoisotopic (exact) mass is 517 g/mol. The van der Waals surface area contributed by atoms with Crippen LogP contribution in [0.15, 0.2) is 53.1 Å². The van der Waals surface area contributed by atoms with E-state index in [0.717, 1.165) is 93.3 Å². The van der Waals surface area contributed by atoms with E-state index in [1.807, 2.05) is 20.8 Å². The van der Waals surface area contributed by atoms with Crippen molar-refractivity contribution in [3.8, 4) is 28.1 Å². The highest BCUT2D eigenvalue weighted by Crippen LogP contribution is 2.43. The minimum atomic E-state index is 0.536. The van der Waals surface area contributed by atoms with Crippen molar-refractivity contribution >= 4 is 32.7 Å². The third-order valence-corrected chi connectivity index (χ3v) is 8.14. The summed E-state index contributed by atoms with van der Waals surface area (Å²) in [4.78, 5) is 13.5. The summed E-state index contributed by atoms with van der Waals surface area (Å²) in [6, 6.07) is 17.6. The first-order chi connectivity index (χ1) is 19.0. The van der Waals surface area contributed by atoms with E-state index in [0.29, 0.717) is 5.92 Å². The molecule has 1 saturated heterocycles. The van der Waals surface area contributed by atoms with Crippen LogP contribution in [-0.4, -0.2) is 40.3 Å². The van der Waals surface area contributed by atoms with Crippen molar-refractivity contribution in [1.29, 1.82) is 0 Å². The lowest BCUT2D eigenvalue weighted by Crippen LogP contribution is -2.26. The minimum absolute atomic E-state index is 0.536. The number of aromatic amines is 1. The lowest BCUT2D eigenvalue weighted by atomic mass is 9.86. The SMILES string of the molecule is COc1cc2c(cc1-c1c(C)noc1C)[nH]c1nc(C)nc(-c3cc(C4CCNCC4)cc4ccccc34)c12. The number of aromatic nitrogens is 4. The number of hydrogen-bond acceptors (Lipinski definition) is 6. The number of nitrogens with one attached hydrogen (secondary N) is 2. The average molecular weight is 518 g/mol. The molecule has 0 bridgehead atoms. The second-order valence-corrected chi connectivity index (χ2v) is 10.6. The second-order valence-electron chi connectivity index (χ2n) is 10.6. The molecule has 196 valence electrons. The number of rotatable bonds is 4. The number of benzene rings is 3. The number of H-pyrrole nitrogens is 1. The van der Waals surface area contributed by atoms with Gasteiger partial charge in [-0.15, -0.1) is 0 Å². The van der Waals surface area contributed by atoms with Gasteiger partial charge in [0.05, 0.1) is 29.4 Å². The molecule has 0 unspecified atom stereocenters. The summed E-state index contributed by atoms with van der Waals surface area (Å²) in [5.74, 6) is 2.79. The van der Waals surface area contributed by atoms with Crippen LogP contribution in [0.1, 0.15) is 41.6 Å². The summed E-state index contributed by atoms with van der Waals surface area (Å²) in [5, 5.41) is 12.1. The molecule has 7 rings (SSSR count). The van der Waals surface area contributed by atoms with Crippen molar-refractivity contribution in [2.75, 3.05) is 20.2 Å². The second kappa shape index (κ2) is 9.20. The number of hydrogen-bond donors (Lipinski definition) is 2. The van der Waals surface area contributed by atoms with Crippen LogP contribution in [0.2, 0.25) is 0 Å². The Morgan fingerprint density at radius 2 is 1.74 bits per heavy atom. The third-order valence-electron chi connectivity index (χ3n) is 8.14. The number of piperidine rings is 1. The lowest BCUT2D eigenvalue weighted by molar-refractivity contribution is 0.393. The van der Waals surface area contributed by atoms with E-state index < -0.39 is 0 Å². The summed E-state index contributed by atoms with van der Waals surface area (Å²) in [7, 11) is 1.70. The van der Waals surface area contributed by atoms with Crippen molar-refractivity contribution in [1.82, 2.24) is 25.4 Å². The molecule has 1 fully saturated rings. The topological polar surface area (TPSA) is 88.9 Å². The summed E-state index contributed by atoms with van der Waals surface area (Å²) < 4.78 is 11.4. The van der Waals surface area contributed by atoms with Crippen molar-refractivity contribution < 1.29 is 9.26 Å². The highest BCUT2D eigenvalue weighted by molar-refractivity contribution is 6.16. The molecule has 1 aliphatic rings. The van der Waals surface area contributed by atoms with Crippen molar-refractivity contribution in [2.24, 2.45) is 0 Å². The molecule has 0 radical (unpaired) electrons. The zero-order valence-electron chi connectivity index (χ0n) is 22.7. The van der Waals surface area contributed by atoms with Crippen LogP contribution in [0.25, 0.3) is 55.1 Å². The van der Waals surface area contributed by atoms with Gasteiger partial charge < -0.3 is 19.6 Å². The predicted molar refractivity (Wildman–Crippen MR) is 155 cm³/mol. The molecular formula is C32H31N5O2. The molecule has 6 aromatic rings. The van der Waals surface area contributed by atoms with Crippen molar-refractivity contribution in [3.63, 3.8) is 0 Å². The van der Waals surface area contributed by atoms with Gasteiger partial charge >= 0.3 is 0 Å². The fraction of sp³-hybridized carbons (Fsp3) is 0.281. The van der Waals surface area contributed by atoms with Gasteiger partial charge in [0.2, 0.25) is 0 Å². The molecule has 3 aromatic heterocycles. The molecular weight excluding hydrogens is 486 g/mol. The van der Waals surface area contributed by atoms with Gasteiger partial charge in [0.15, 0.2) is 0 Å². The Kier molecular flexibility index (Phi) is 5.63. The average Bonchev–Trinajstić information content (AvgIpc) is 3.49. The van der Waals surface area contributed by atoms with Crippen LogP contribution in [0.3, 0.4) is 0 Å². The van der Waals surface area contributed by atoms with Crippen LogP contribution < -0.4 is 10.1 Å². The zero-order chi connectivity index (χ0) is 26.7.